The number of aromatic nitrogens is 1. The summed E-state index contributed by atoms with van der Waals surface area (Å²) in [7, 11) is 0. The molecule has 5 heteroatoms. The van der Waals surface area contributed by atoms with Crippen molar-refractivity contribution >= 4 is 29.5 Å². The Labute approximate surface area is 163 Å². The second-order valence-corrected chi connectivity index (χ2v) is 6.13. The number of Topliss-reactive ketones (excluding diaryl/α,β-unsaturated/α-hetero) is 1. The van der Waals surface area contributed by atoms with Crippen LogP contribution in [0.3, 0.4) is 0 Å². The van der Waals surface area contributed by atoms with E-state index in [9.17, 15) is 9.59 Å². The number of rotatable bonds is 7. The van der Waals surface area contributed by atoms with Crippen molar-refractivity contribution < 1.29 is 14.3 Å². The third-order valence-corrected chi connectivity index (χ3v) is 3.94. The van der Waals surface area contributed by atoms with Crippen molar-refractivity contribution in [1.29, 1.82) is 0 Å². The van der Waals surface area contributed by atoms with Gasteiger partial charge in [0.1, 0.15) is 5.75 Å². The molecule has 0 fully saturated rings. The molecule has 0 atom stereocenters. The van der Waals surface area contributed by atoms with E-state index in [-0.39, 0.29) is 18.3 Å². The molecular weight excluding hydrogens is 352 g/mol. The van der Waals surface area contributed by atoms with Gasteiger partial charge in [-0.15, -0.1) is 0 Å². The standard InChI is InChI=1S/C23H20N2O3/c1-17(26)19-9-12-22(13-10-19)28-16-23(27)25-21-7-4-5-18(15-21)8-11-20-6-2-3-14-24-20/h2-15H,16H2,1H3,(H,25,27). The zero-order valence-electron chi connectivity index (χ0n) is 15.5. The molecule has 1 N–H and O–H groups in total. The number of ether oxygens (including phenoxy) is 1. The number of nitrogens with zero attached hydrogens (tertiary/aromatic N) is 1. The van der Waals surface area contributed by atoms with E-state index in [4.69, 9.17) is 4.74 Å². The van der Waals surface area contributed by atoms with Gasteiger partial charge in [0, 0.05) is 17.4 Å². The maximum Gasteiger partial charge on any atom is 0.262 e. The van der Waals surface area contributed by atoms with Gasteiger partial charge in [-0.1, -0.05) is 24.3 Å². The molecule has 1 aromatic heterocycles. The summed E-state index contributed by atoms with van der Waals surface area (Å²) in [6.07, 6.45) is 5.59. The van der Waals surface area contributed by atoms with Crippen molar-refractivity contribution in [3.63, 3.8) is 0 Å². The van der Waals surface area contributed by atoms with E-state index < -0.39 is 0 Å². The van der Waals surface area contributed by atoms with E-state index in [2.05, 4.69) is 10.3 Å². The van der Waals surface area contributed by atoms with Crippen LogP contribution in [0.25, 0.3) is 12.2 Å². The quantitative estimate of drug-likeness (QED) is 0.621. The Morgan fingerprint density at radius 3 is 2.54 bits per heavy atom. The molecule has 0 aliphatic rings. The van der Waals surface area contributed by atoms with Crippen LogP contribution in [-0.2, 0) is 4.79 Å². The van der Waals surface area contributed by atoms with Crippen LogP contribution in [0.4, 0.5) is 5.69 Å². The third kappa shape index (κ3) is 5.64. The van der Waals surface area contributed by atoms with Crippen LogP contribution >= 0.6 is 0 Å². The second-order valence-electron chi connectivity index (χ2n) is 6.13. The highest BCUT2D eigenvalue weighted by Gasteiger charge is 2.05. The van der Waals surface area contributed by atoms with Crippen LogP contribution in [0.5, 0.6) is 5.75 Å². The van der Waals surface area contributed by atoms with E-state index in [1.54, 1.807) is 30.5 Å². The van der Waals surface area contributed by atoms with Gasteiger partial charge in [0.05, 0.1) is 5.69 Å². The fraction of sp³-hybridized carbons (Fsp3) is 0.0870. The Morgan fingerprint density at radius 2 is 1.82 bits per heavy atom. The monoisotopic (exact) mass is 372 g/mol. The van der Waals surface area contributed by atoms with E-state index in [1.807, 2.05) is 54.6 Å². The fourth-order valence-electron chi connectivity index (χ4n) is 2.51. The van der Waals surface area contributed by atoms with Crippen LogP contribution in [0.2, 0.25) is 0 Å². The molecule has 3 rings (SSSR count). The first kappa shape index (κ1) is 19.0. The molecule has 0 spiro atoms. The van der Waals surface area contributed by atoms with Crippen LogP contribution in [-0.4, -0.2) is 23.3 Å². The molecule has 0 bridgehead atoms. The molecule has 0 aliphatic heterocycles. The Kier molecular flexibility index (Phi) is 6.31. The summed E-state index contributed by atoms with van der Waals surface area (Å²) in [5, 5.41) is 2.81. The van der Waals surface area contributed by atoms with Gasteiger partial charge in [0.25, 0.3) is 5.91 Å². The molecule has 5 nitrogen and oxygen atoms in total. The molecule has 1 amide bonds. The minimum Gasteiger partial charge on any atom is -0.484 e. The predicted octanol–water partition coefficient (Wildman–Crippen LogP) is 4.47. The first-order valence-corrected chi connectivity index (χ1v) is 8.83. The third-order valence-electron chi connectivity index (χ3n) is 3.94. The van der Waals surface area contributed by atoms with Crippen molar-refractivity contribution in [2.45, 2.75) is 6.92 Å². The molecule has 1 heterocycles. The molecule has 3 aromatic rings. The molecule has 0 radical (unpaired) electrons. The minimum atomic E-state index is -0.262. The zero-order valence-corrected chi connectivity index (χ0v) is 15.5. The minimum absolute atomic E-state index is 0.0127. The van der Waals surface area contributed by atoms with Crippen molar-refractivity contribution in [3.8, 4) is 5.75 Å². The molecular formula is C23H20N2O3. The summed E-state index contributed by atoms with van der Waals surface area (Å²) in [5.41, 5.74) is 3.10. The van der Waals surface area contributed by atoms with Crippen molar-refractivity contribution in [1.82, 2.24) is 4.98 Å². The van der Waals surface area contributed by atoms with Gasteiger partial charge < -0.3 is 10.1 Å². The van der Waals surface area contributed by atoms with Gasteiger partial charge in [0.2, 0.25) is 0 Å². The summed E-state index contributed by atoms with van der Waals surface area (Å²) in [6.45, 7) is 1.39. The van der Waals surface area contributed by atoms with Gasteiger partial charge in [-0.2, -0.15) is 0 Å². The maximum absolute atomic E-state index is 12.1. The highest BCUT2D eigenvalue weighted by atomic mass is 16.5. The van der Waals surface area contributed by atoms with Crippen molar-refractivity contribution in [3.05, 3.63) is 89.7 Å². The number of nitrogens with one attached hydrogen (secondary N) is 1. The lowest BCUT2D eigenvalue weighted by Gasteiger charge is -2.08. The molecule has 0 saturated carbocycles. The highest BCUT2D eigenvalue weighted by Crippen LogP contribution is 2.15. The van der Waals surface area contributed by atoms with Gasteiger partial charge in [-0.05, 0) is 67.1 Å². The summed E-state index contributed by atoms with van der Waals surface area (Å²) in [4.78, 5) is 27.6. The topological polar surface area (TPSA) is 68.3 Å². The number of amides is 1. The van der Waals surface area contributed by atoms with Gasteiger partial charge in [-0.25, -0.2) is 0 Å². The van der Waals surface area contributed by atoms with E-state index in [0.717, 1.165) is 11.3 Å². The fourth-order valence-corrected chi connectivity index (χ4v) is 2.51. The van der Waals surface area contributed by atoms with Gasteiger partial charge >= 0.3 is 0 Å². The summed E-state index contributed by atoms with van der Waals surface area (Å²) in [6, 6.07) is 19.9. The largest absolute Gasteiger partial charge is 0.484 e. The average molecular weight is 372 g/mol. The average Bonchev–Trinajstić information content (AvgIpc) is 2.72. The van der Waals surface area contributed by atoms with E-state index in [0.29, 0.717) is 17.0 Å². The number of anilines is 1. The first-order chi connectivity index (χ1) is 13.6. The molecule has 0 saturated heterocycles. The smallest absolute Gasteiger partial charge is 0.262 e. The van der Waals surface area contributed by atoms with E-state index >= 15 is 0 Å². The summed E-state index contributed by atoms with van der Waals surface area (Å²) >= 11 is 0. The molecule has 2 aromatic carbocycles. The van der Waals surface area contributed by atoms with Crippen molar-refractivity contribution in [2.75, 3.05) is 11.9 Å². The Morgan fingerprint density at radius 1 is 1.00 bits per heavy atom. The Hall–Kier alpha value is -3.73. The SMILES string of the molecule is CC(=O)c1ccc(OCC(=O)Nc2cccc(C=Cc3ccccn3)c2)cc1. The zero-order chi connectivity index (χ0) is 19.8. The van der Waals surface area contributed by atoms with Crippen LogP contribution in [0, 0.1) is 0 Å². The molecule has 140 valence electrons. The van der Waals surface area contributed by atoms with Crippen LogP contribution in [0.1, 0.15) is 28.5 Å². The second kappa shape index (κ2) is 9.28. The van der Waals surface area contributed by atoms with Crippen LogP contribution < -0.4 is 10.1 Å². The number of ketones is 1. The number of carbonyl (C=O) groups is 2. The van der Waals surface area contributed by atoms with E-state index in [1.165, 1.54) is 6.92 Å². The Bertz CT molecular complexity index is 980. The summed E-state index contributed by atoms with van der Waals surface area (Å²) in [5.74, 6) is 0.259. The predicted molar refractivity (Wildman–Crippen MR) is 110 cm³/mol. The number of hydrogen-bond donors (Lipinski definition) is 1. The lowest BCUT2D eigenvalue weighted by atomic mass is 10.1. The first-order valence-electron chi connectivity index (χ1n) is 8.83. The maximum atomic E-state index is 12.1. The number of benzene rings is 2. The molecule has 0 unspecified atom stereocenters. The lowest BCUT2D eigenvalue weighted by Crippen LogP contribution is -2.20. The lowest BCUT2D eigenvalue weighted by molar-refractivity contribution is -0.118. The molecule has 0 aliphatic carbocycles. The van der Waals surface area contributed by atoms with Crippen LogP contribution in [0.15, 0.2) is 72.9 Å². The molecule has 28 heavy (non-hydrogen) atoms. The van der Waals surface area contributed by atoms with Gasteiger partial charge in [-0.3, -0.25) is 14.6 Å². The van der Waals surface area contributed by atoms with Crippen molar-refractivity contribution in [2.24, 2.45) is 0 Å². The number of carbonyl (C=O) groups excluding carboxylic acids is 2. The normalized spacial score (nSPS) is 10.6. The summed E-state index contributed by atoms with van der Waals surface area (Å²) < 4.78 is 5.46. The number of pyridine rings is 1. The Balaban J connectivity index is 1.55. The number of hydrogen-bond acceptors (Lipinski definition) is 4. The van der Waals surface area contributed by atoms with Gasteiger partial charge in [0.15, 0.2) is 12.4 Å². The highest BCUT2D eigenvalue weighted by molar-refractivity contribution is 5.94.